The lowest BCUT2D eigenvalue weighted by Gasteiger charge is -2.18. The van der Waals surface area contributed by atoms with Crippen molar-refractivity contribution in [2.75, 3.05) is 5.73 Å². The summed E-state index contributed by atoms with van der Waals surface area (Å²) in [5, 5.41) is 1.06. The molecule has 0 unspecified atom stereocenters. The van der Waals surface area contributed by atoms with Crippen LogP contribution < -0.4 is 16.3 Å². The second-order valence-electron chi connectivity index (χ2n) is 6.29. The zero-order chi connectivity index (χ0) is 21.0. The molecule has 29 heavy (non-hydrogen) atoms. The number of hydrogen-bond acceptors (Lipinski definition) is 4. The van der Waals surface area contributed by atoms with E-state index in [-0.39, 0.29) is 23.5 Å². The minimum atomic E-state index is -4.76. The van der Waals surface area contributed by atoms with Crippen LogP contribution in [0.1, 0.15) is 15.9 Å². The molecule has 1 amide bonds. The van der Waals surface area contributed by atoms with Gasteiger partial charge in [-0.3, -0.25) is 9.80 Å². The predicted octanol–water partition coefficient (Wildman–Crippen LogP) is 4.35. The Morgan fingerprint density at radius 3 is 2.17 bits per heavy atom. The van der Waals surface area contributed by atoms with Crippen LogP contribution >= 0.6 is 0 Å². The van der Waals surface area contributed by atoms with E-state index >= 15 is 0 Å². The molecule has 0 aromatic heterocycles. The highest BCUT2D eigenvalue weighted by molar-refractivity contribution is 6.00. The number of rotatable bonds is 5. The first-order chi connectivity index (χ1) is 13.7. The fourth-order valence-corrected chi connectivity index (χ4v) is 2.78. The Morgan fingerprint density at radius 1 is 0.931 bits per heavy atom. The lowest BCUT2D eigenvalue weighted by molar-refractivity contribution is -0.274. The maximum absolute atomic E-state index is 12.7. The van der Waals surface area contributed by atoms with Crippen molar-refractivity contribution in [3.05, 3.63) is 83.9 Å². The van der Waals surface area contributed by atoms with Crippen LogP contribution in [-0.4, -0.2) is 17.3 Å². The number of halogens is 3. The Bertz CT molecular complexity index is 990. The van der Waals surface area contributed by atoms with Gasteiger partial charge in [0.05, 0.1) is 12.1 Å². The van der Waals surface area contributed by atoms with Crippen molar-refractivity contribution in [1.82, 2.24) is 5.01 Å². The normalized spacial score (nSPS) is 11.2. The summed E-state index contributed by atoms with van der Waals surface area (Å²) in [5.74, 6) is 5.13. The molecule has 0 aliphatic heterocycles. The number of nitrogen functional groups attached to an aromatic ring is 1. The third-order valence-corrected chi connectivity index (χ3v) is 4.16. The molecule has 150 valence electrons. The van der Waals surface area contributed by atoms with Crippen LogP contribution in [0, 0.1) is 0 Å². The van der Waals surface area contributed by atoms with E-state index in [0.717, 1.165) is 10.6 Å². The number of alkyl halides is 3. The average Bonchev–Trinajstić information content (AvgIpc) is 2.68. The van der Waals surface area contributed by atoms with E-state index in [4.69, 9.17) is 11.6 Å². The number of amides is 1. The number of carbonyl (C=O) groups excluding carboxylic acids is 1. The molecule has 3 aromatic carbocycles. The molecule has 0 spiro atoms. The first kappa shape index (κ1) is 20.2. The van der Waals surface area contributed by atoms with Gasteiger partial charge in [-0.2, -0.15) is 0 Å². The third kappa shape index (κ3) is 5.26. The van der Waals surface area contributed by atoms with Crippen LogP contribution in [-0.2, 0) is 6.54 Å². The van der Waals surface area contributed by atoms with E-state index in [1.807, 2.05) is 30.3 Å². The SMILES string of the molecule is Nc1ccc(-c2ccc(OC(F)(F)F)cc2)cc1C(=O)N(N)Cc1ccccc1. The van der Waals surface area contributed by atoms with Crippen molar-refractivity contribution < 1.29 is 22.7 Å². The zero-order valence-corrected chi connectivity index (χ0v) is 15.2. The van der Waals surface area contributed by atoms with Crippen molar-refractivity contribution in [2.24, 2.45) is 5.84 Å². The van der Waals surface area contributed by atoms with Gasteiger partial charge in [0, 0.05) is 5.69 Å². The number of nitrogens with zero attached hydrogens (tertiary/aromatic N) is 1. The number of nitrogens with two attached hydrogens (primary N) is 2. The lowest BCUT2D eigenvalue weighted by Crippen LogP contribution is -2.37. The quantitative estimate of drug-likeness (QED) is 0.288. The van der Waals surface area contributed by atoms with Crippen LogP contribution in [0.25, 0.3) is 11.1 Å². The largest absolute Gasteiger partial charge is 0.573 e. The Morgan fingerprint density at radius 2 is 1.55 bits per heavy atom. The summed E-state index contributed by atoms with van der Waals surface area (Å²) in [4.78, 5) is 12.7. The van der Waals surface area contributed by atoms with Crippen molar-refractivity contribution in [3.63, 3.8) is 0 Å². The van der Waals surface area contributed by atoms with Gasteiger partial charge in [-0.25, -0.2) is 5.84 Å². The van der Waals surface area contributed by atoms with Crippen molar-refractivity contribution in [1.29, 1.82) is 0 Å². The zero-order valence-electron chi connectivity index (χ0n) is 15.2. The Kier molecular flexibility index (Phi) is 5.74. The molecular weight excluding hydrogens is 383 g/mol. The highest BCUT2D eigenvalue weighted by Crippen LogP contribution is 2.28. The summed E-state index contributed by atoms with van der Waals surface area (Å²) in [5.41, 5.74) is 8.46. The van der Waals surface area contributed by atoms with E-state index in [1.165, 1.54) is 24.3 Å². The minimum absolute atomic E-state index is 0.201. The molecule has 0 saturated heterocycles. The number of hydrogen-bond donors (Lipinski definition) is 2. The van der Waals surface area contributed by atoms with E-state index in [2.05, 4.69) is 4.74 Å². The van der Waals surface area contributed by atoms with Gasteiger partial charge < -0.3 is 10.5 Å². The van der Waals surface area contributed by atoms with Crippen molar-refractivity contribution in [2.45, 2.75) is 12.9 Å². The molecule has 3 aromatic rings. The summed E-state index contributed by atoms with van der Waals surface area (Å²) in [6, 6.07) is 19.3. The van der Waals surface area contributed by atoms with Gasteiger partial charge in [0.15, 0.2) is 0 Å². The number of ether oxygens (including phenoxy) is 1. The Balaban J connectivity index is 1.81. The summed E-state index contributed by atoms with van der Waals surface area (Å²) in [6.07, 6.45) is -4.76. The minimum Gasteiger partial charge on any atom is -0.406 e. The third-order valence-electron chi connectivity index (χ3n) is 4.16. The summed E-state index contributed by atoms with van der Waals surface area (Å²) < 4.78 is 40.7. The molecule has 0 radical (unpaired) electrons. The molecule has 4 N–H and O–H groups in total. The van der Waals surface area contributed by atoms with Gasteiger partial charge in [0.2, 0.25) is 0 Å². The van der Waals surface area contributed by atoms with Crippen LogP contribution in [0.4, 0.5) is 18.9 Å². The first-order valence-electron chi connectivity index (χ1n) is 8.59. The molecule has 0 saturated carbocycles. The van der Waals surface area contributed by atoms with E-state index < -0.39 is 12.3 Å². The molecule has 0 aliphatic rings. The Hall–Kier alpha value is -3.52. The summed E-state index contributed by atoms with van der Waals surface area (Å²) in [7, 11) is 0. The number of benzene rings is 3. The van der Waals surface area contributed by atoms with E-state index in [1.54, 1.807) is 18.2 Å². The van der Waals surface area contributed by atoms with Gasteiger partial charge in [0.25, 0.3) is 5.91 Å². The molecule has 0 atom stereocenters. The molecule has 0 aliphatic carbocycles. The Labute approximate surface area is 165 Å². The first-order valence-corrected chi connectivity index (χ1v) is 8.59. The van der Waals surface area contributed by atoms with Crippen LogP contribution in [0.3, 0.4) is 0 Å². The highest BCUT2D eigenvalue weighted by Gasteiger charge is 2.31. The van der Waals surface area contributed by atoms with Crippen LogP contribution in [0.15, 0.2) is 72.8 Å². The number of carbonyl (C=O) groups is 1. The molecule has 0 bridgehead atoms. The second-order valence-corrected chi connectivity index (χ2v) is 6.29. The van der Waals surface area contributed by atoms with Gasteiger partial charge >= 0.3 is 6.36 Å². The van der Waals surface area contributed by atoms with Gasteiger partial charge in [-0.05, 0) is 41.0 Å². The average molecular weight is 401 g/mol. The second kappa shape index (κ2) is 8.24. The van der Waals surface area contributed by atoms with Gasteiger partial charge in [-0.15, -0.1) is 13.2 Å². The standard InChI is InChI=1S/C21H18F3N3O2/c22-21(23,24)29-17-9-6-15(7-10-17)16-8-11-19(25)18(12-16)20(28)27(26)13-14-4-2-1-3-5-14/h1-12H,13,25-26H2. The van der Waals surface area contributed by atoms with Crippen molar-refractivity contribution in [3.8, 4) is 16.9 Å². The lowest BCUT2D eigenvalue weighted by atomic mass is 10.0. The molecule has 5 nitrogen and oxygen atoms in total. The summed E-state index contributed by atoms with van der Waals surface area (Å²) in [6.45, 7) is 0.201. The van der Waals surface area contributed by atoms with Crippen molar-refractivity contribution >= 4 is 11.6 Å². The topological polar surface area (TPSA) is 81.6 Å². The monoisotopic (exact) mass is 401 g/mol. The molecular formula is C21H18F3N3O2. The fourth-order valence-electron chi connectivity index (χ4n) is 2.78. The predicted molar refractivity (Wildman–Crippen MR) is 103 cm³/mol. The van der Waals surface area contributed by atoms with E-state index in [0.29, 0.717) is 11.1 Å². The van der Waals surface area contributed by atoms with Crippen LogP contribution in [0.2, 0.25) is 0 Å². The maximum Gasteiger partial charge on any atom is 0.573 e. The smallest absolute Gasteiger partial charge is 0.406 e. The number of hydrazine groups is 1. The van der Waals surface area contributed by atoms with Gasteiger partial charge in [-0.1, -0.05) is 48.5 Å². The summed E-state index contributed by atoms with van der Waals surface area (Å²) >= 11 is 0. The number of anilines is 1. The molecule has 3 rings (SSSR count). The molecule has 0 heterocycles. The highest BCUT2D eigenvalue weighted by atomic mass is 19.4. The van der Waals surface area contributed by atoms with Crippen LogP contribution in [0.5, 0.6) is 5.75 Å². The van der Waals surface area contributed by atoms with Gasteiger partial charge in [0.1, 0.15) is 5.75 Å². The molecule has 0 fully saturated rings. The molecule has 8 heteroatoms. The maximum atomic E-state index is 12.7. The fraction of sp³-hybridized carbons (Fsp3) is 0.0952. The van der Waals surface area contributed by atoms with E-state index in [9.17, 15) is 18.0 Å².